The van der Waals surface area contributed by atoms with E-state index in [0.717, 1.165) is 57.8 Å². The third-order valence-corrected chi connectivity index (χ3v) is 9.24. The van der Waals surface area contributed by atoms with E-state index in [2.05, 4.69) is 60.1 Å². The van der Waals surface area contributed by atoms with E-state index in [1.54, 1.807) is 30.4 Å². The molecule has 0 amide bonds. The first kappa shape index (κ1) is 57.3. The standard InChI is InChI=1S/C48H75O12P/c1-3-5-7-8-9-10-11-12-13-14-15-16-17-18-22-25-31-38-48(54)60-46(42-59-61(55,56)58-40-45(52)39-49)41-57-47(53)37-32-26-30-36-44(51)35-29-24-21-19-20-23-28-34-43(50)33-27-6-4-2/h5-7,9-10,12-13,15-16,20-21,23-24,27-30,34-36,43-46,49-52H,3-4,8,11,14,17-19,22,25-26,31-33,37-42H2,1-2H3,(H,55,56)/b7-5-,10-9-,13-12-,16-15-,23-20-,24-21-,27-6-,34-28+,35-29+,36-30-/t43-,44-,45+,46-/m1/s1. The van der Waals surface area contributed by atoms with Gasteiger partial charge in [-0.05, 0) is 77.0 Å². The summed E-state index contributed by atoms with van der Waals surface area (Å²) < 4.78 is 32.5. The smallest absolute Gasteiger partial charge is 0.462 e. The molecule has 0 radical (unpaired) electrons. The molecule has 0 aromatic rings. The van der Waals surface area contributed by atoms with E-state index >= 15 is 0 Å². The summed E-state index contributed by atoms with van der Waals surface area (Å²) in [5.74, 6) is -1.15. The average Bonchev–Trinajstić information content (AvgIpc) is 3.24. The molecule has 5 N–H and O–H groups in total. The van der Waals surface area contributed by atoms with Crippen molar-refractivity contribution in [3.63, 3.8) is 0 Å². The lowest BCUT2D eigenvalue weighted by Gasteiger charge is -2.20. The van der Waals surface area contributed by atoms with Gasteiger partial charge in [-0.2, -0.15) is 0 Å². The number of phosphoric acid groups is 1. The lowest BCUT2D eigenvalue weighted by Crippen LogP contribution is -2.29. The van der Waals surface area contributed by atoms with E-state index in [9.17, 15) is 34.4 Å². The summed E-state index contributed by atoms with van der Waals surface area (Å²) in [7, 11) is -4.68. The van der Waals surface area contributed by atoms with Crippen molar-refractivity contribution in [3.8, 4) is 0 Å². The van der Waals surface area contributed by atoms with Crippen LogP contribution in [0, 0.1) is 0 Å². The summed E-state index contributed by atoms with van der Waals surface area (Å²) in [6.45, 7) is 1.79. The number of aliphatic hydroxyl groups is 4. The van der Waals surface area contributed by atoms with Gasteiger partial charge in [0.2, 0.25) is 0 Å². The summed E-state index contributed by atoms with van der Waals surface area (Å²) in [5.41, 5.74) is 0. The largest absolute Gasteiger partial charge is 0.472 e. The summed E-state index contributed by atoms with van der Waals surface area (Å²) in [6, 6.07) is 0. The fraction of sp³-hybridized carbons (Fsp3) is 0.542. The molecule has 0 aliphatic rings. The first-order chi connectivity index (χ1) is 29.5. The zero-order valence-electron chi connectivity index (χ0n) is 36.5. The van der Waals surface area contributed by atoms with Crippen molar-refractivity contribution in [2.75, 3.05) is 26.4 Å². The lowest BCUT2D eigenvalue weighted by atomic mass is 10.1. The second kappa shape index (κ2) is 41.6. The molecule has 344 valence electrons. The van der Waals surface area contributed by atoms with Crippen LogP contribution in [0.1, 0.15) is 117 Å². The number of rotatable bonds is 38. The molecule has 0 saturated heterocycles. The summed E-state index contributed by atoms with van der Waals surface area (Å²) in [6.07, 6.45) is 46.6. The van der Waals surface area contributed by atoms with Crippen LogP contribution in [0.2, 0.25) is 0 Å². The highest BCUT2D eigenvalue weighted by atomic mass is 31.2. The summed E-state index contributed by atoms with van der Waals surface area (Å²) >= 11 is 0. The zero-order chi connectivity index (χ0) is 45.1. The van der Waals surface area contributed by atoms with Crippen LogP contribution < -0.4 is 0 Å². The molecule has 5 atom stereocenters. The Bertz CT molecular complexity index is 1460. The minimum atomic E-state index is -4.68. The molecule has 0 spiro atoms. The molecule has 0 heterocycles. The number of unbranched alkanes of at least 4 members (excludes halogenated alkanes) is 5. The molecular formula is C48H75O12P. The first-order valence-electron chi connectivity index (χ1n) is 21.7. The zero-order valence-corrected chi connectivity index (χ0v) is 37.4. The van der Waals surface area contributed by atoms with Crippen molar-refractivity contribution in [2.45, 2.75) is 141 Å². The molecule has 0 aliphatic heterocycles. The molecule has 0 aromatic carbocycles. The van der Waals surface area contributed by atoms with E-state index in [0.29, 0.717) is 32.1 Å². The Kier molecular flexibility index (Phi) is 39.1. The molecule has 0 fully saturated rings. The van der Waals surface area contributed by atoms with Crippen molar-refractivity contribution >= 4 is 19.8 Å². The van der Waals surface area contributed by atoms with Crippen molar-refractivity contribution in [1.82, 2.24) is 0 Å². The second-order valence-corrected chi connectivity index (χ2v) is 15.5. The molecule has 0 rings (SSSR count). The molecule has 0 aromatic heterocycles. The molecule has 61 heavy (non-hydrogen) atoms. The SMILES string of the molecule is CC/C=C\C/C=C\C/C=C\C/C=C\CCCCCCC(=O)O[C@H](COC(=O)CCC/C=C\[C@H](O)/C=C/C=C\C/C=C\C=C\[C@H](O)C/C=C\CC)COP(=O)(O)OC[C@@H](O)CO. The Hall–Kier alpha value is -3.71. The molecule has 0 bridgehead atoms. The van der Waals surface area contributed by atoms with Gasteiger partial charge in [-0.1, -0.05) is 148 Å². The van der Waals surface area contributed by atoms with Gasteiger partial charge < -0.3 is 34.8 Å². The number of ether oxygens (including phenoxy) is 2. The first-order valence-corrected chi connectivity index (χ1v) is 23.2. The van der Waals surface area contributed by atoms with Crippen LogP contribution in [-0.4, -0.2) is 88.1 Å². The van der Waals surface area contributed by atoms with Gasteiger partial charge in [0, 0.05) is 12.8 Å². The monoisotopic (exact) mass is 874 g/mol. The van der Waals surface area contributed by atoms with Gasteiger partial charge in [-0.25, -0.2) is 4.57 Å². The second-order valence-electron chi connectivity index (χ2n) is 14.0. The summed E-state index contributed by atoms with van der Waals surface area (Å²) in [5, 5.41) is 38.3. The highest BCUT2D eigenvalue weighted by Crippen LogP contribution is 2.43. The third kappa shape index (κ3) is 41.4. The van der Waals surface area contributed by atoms with Crippen molar-refractivity contribution in [1.29, 1.82) is 0 Å². The molecule has 1 unspecified atom stereocenters. The molecule has 0 aliphatic carbocycles. The Morgan fingerprint density at radius 2 is 1.13 bits per heavy atom. The van der Waals surface area contributed by atoms with E-state index in [1.165, 1.54) is 0 Å². The van der Waals surface area contributed by atoms with Gasteiger partial charge in [0.15, 0.2) is 6.10 Å². The van der Waals surface area contributed by atoms with Crippen LogP contribution in [0.4, 0.5) is 0 Å². The number of phosphoric ester groups is 1. The van der Waals surface area contributed by atoms with Gasteiger partial charge in [0.1, 0.15) is 12.7 Å². The predicted molar refractivity (Wildman–Crippen MR) is 244 cm³/mol. The highest BCUT2D eigenvalue weighted by Gasteiger charge is 2.27. The van der Waals surface area contributed by atoms with Gasteiger partial charge in [-0.3, -0.25) is 18.6 Å². The molecule has 0 saturated carbocycles. The predicted octanol–water partition coefficient (Wildman–Crippen LogP) is 9.49. The van der Waals surface area contributed by atoms with Crippen molar-refractivity contribution in [2.24, 2.45) is 0 Å². The number of hydrogen-bond acceptors (Lipinski definition) is 11. The normalized spacial score (nSPS) is 16.0. The van der Waals surface area contributed by atoms with Gasteiger partial charge in [0.05, 0.1) is 32.0 Å². The van der Waals surface area contributed by atoms with E-state index in [1.807, 2.05) is 49.5 Å². The highest BCUT2D eigenvalue weighted by molar-refractivity contribution is 7.47. The van der Waals surface area contributed by atoms with E-state index < -0.39 is 70.6 Å². The van der Waals surface area contributed by atoms with Crippen LogP contribution in [0.25, 0.3) is 0 Å². The number of carbonyl (C=O) groups is 2. The molecule has 12 nitrogen and oxygen atoms in total. The molecular weight excluding hydrogens is 799 g/mol. The van der Waals surface area contributed by atoms with Crippen LogP contribution in [-0.2, 0) is 32.7 Å². The maximum atomic E-state index is 12.6. The van der Waals surface area contributed by atoms with Crippen LogP contribution in [0.3, 0.4) is 0 Å². The number of allylic oxidation sites excluding steroid dienone is 16. The Morgan fingerprint density at radius 3 is 1.80 bits per heavy atom. The van der Waals surface area contributed by atoms with Crippen LogP contribution >= 0.6 is 7.82 Å². The fourth-order valence-corrected chi connectivity index (χ4v) is 5.75. The minimum absolute atomic E-state index is 0.0413. The van der Waals surface area contributed by atoms with Crippen LogP contribution in [0.15, 0.2) is 122 Å². The minimum Gasteiger partial charge on any atom is -0.462 e. The quantitative estimate of drug-likeness (QED) is 0.0130. The number of hydrogen-bond donors (Lipinski definition) is 5. The van der Waals surface area contributed by atoms with Gasteiger partial charge in [0.25, 0.3) is 0 Å². The maximum absolute atomic E-state index is 12.6. The maximum Gasteiger partial charge on any atom is 0.472 e. The van der Waals surface area contributed by atoms with Crippen molar-refractivity contribution in [3.05, 3.63) is 122 Å². The van der Waals surface area contributed by atoms with Gasteiger partial charge >= 0.3 is 19.8 Å². The van der Waals surface area contributed by atoms with Gasteiger partial charge in [-0.15, -0.1) is 0 Å². The summed E-state index contributed by atoms with van der Waals surface area (Å²) in [4.78, 5) is 35.0. The number of esters is 2. The Balaban J connectivity index is 4.61. The lowest BCUT2D eigenvalue weighted by molar-refractivity contribution is -0.161. The third-order valence-electron chi connectivity index (χ3n) is 8.29. The van der Waals surface area contributed by atoms with Crippen LogP contribution in [0.5, 0.6) is 0 Å². The fourth-order valence-electron chi connectivity index (χ4n) is 4.96. The van der Waals surface area contributed by atoms with Crippen molar-refractivity contribution < 1.29 is 58.0 Å². The van der Waals surface area contributed by atoms with E-state index in [-0.39, 0.29) is 12.8 Å². The number of carbonyl (C=O) groups excluding carboxylic acids is 2. The Morgan fingerprint density at radius 1 is 0.574 bits per heavy atom. The topological polar surface area (TPSA) is 189 Å². The Labute approximate surface area is 365 Å². The van der Waals surface area contributed by atoms with E-state index in [4.69, 9.17) is 19.1 Å². The average molecular weight is 875 g/mol. The molecule has 13 heteroatoms. The number of aliphatic hydroxyl groups excluding tert-OH is 4.